The summed E-state index contributed by atoms with van der Waals surface area (Å²) >= 11 is 0. The van der Waals surface area contributed by atoms with E-state index < -0.39 is 6.04 Å². The lowest BCUT2D eigenvalue weighted by Gasteiger charge is -2.39. The van der Waals surface area contributed by atoms with Crippen LogP contribution in [0.1, 0.15) is 11.6 Å². The minimum absolute atomic E-state index is 0.118. The third-order valence-electron chi connectivity index (χ3n) is 5.57. The van der Waals surface area contributed by atoms with Gasteiger partial charge in [0.2, 0.25) is 5.91 Å². The van der Waals surface area contributed by atoms with Crippen LogP contribution >= 0.6 is 0 Å². The summed E-state index contributed by atoms with van der Waals surface area (Å²) in [7, 11) is 1.67. The first-order valence-corrected chi connectivity index (χ1v) is 10.4. The minimum Gasteiger partial charge on any atom is -0.497 e. The van der Waals surface area contributed by atoms with Crippen molar-refractivity contribution in [3.05, 3.63) is 90.2 Å². The average molecular weight is 420 g/mol. The van der Waals surface area contributed by atoms with Crippen molar-refractivity contribution in [2.75, 3.05) is 43.5 Å². The molecule has 0 bridgehead atoms. The van der Waals surface area contributed by atoms with Gasteiger partial charge in [-0.15, -0.1) is 0 Å². The predicted molar refractivity (Wildman–Crippen MR) is 121 cm³/mol. The van der Waals surface area contributed by atoms with Crippen molar-refractivity contribution < 1.29 is 13.9 Å². The number of methoxy groups -OCH3 is 1. The molecule has 0 radical (unpaired) electrons. The summed E-state index contributed by atoms with van der Waals surface area (Å²) in [5, 5.41) is 2.95. The van der Waals surface area contributed by atoms with Gasteiger partial charge in [0, 0.05) is 43.6 Å². The Bertz CT molecular complexity index is 1000. The summed E-state index contributed by atoms with van der Waals surface area (Å²) in [6.45, 7) is 3.10. The van der Waals surface area contributed by atoms with Crippen LogP contribution in [0.2, 0.25) is 0 Å². The number of hydrogen-bond acceptors (Lipinski definition) is 4. The SMILES string of the molecule is COc1cccc(N2CCN([C@@H](C(=O)Nc3ccc(F)cc3)c3ccccc3)CC2)c1. The molecule has 3 aromatic rings. The van der Waals surface area contributed by atoms with Crippen LogP contribution in [0, 0.1) is 5.82 Å². The van der Waals surface area contributed by atoms with E-state index in [9.17, 15) is 9.18 Å². The van der Waals surface area contributed by atoms with Gasteiger partial charge in [0.1, 0.15) is 17.6 Å². The number of amides is 1. The fourth-order valence-electron chi connectivity index (χ4n) is 3.95. The molecule has 1 N–H and O–H groups in total. The normalized spacial score (nSPS) is 15.4. The second-order valence-corrected chi connectivity index (χ2v) is 7.53. The molecule has 1 saturated heterocycles. The number of carbonyl (C=O) groups excluding carboxylic acids is 1. The van der Waals surface area contributed by atoms with Gasteiger partial charge in [-0.1, -0.05) is 36.4 Å². The molecule has 1 fully saturated rings. The number of carbonyl (C=O) groups is 1. The van der Waals surface area contributed by atoms with Gasteiger partial charge < -0.3 is 15.0 Å². The number of benzene rings is 3. The summed E-state index contributed by atoms with van der Waals surface area (Å²) in [5.41, 5.74) is 2.64. The highest BCUT2D eigenvalue weighted by atomic mass is 19.1. The highest BCUT2D eigenvalue weighted by Gasteiger charge is 2.30. The van der Waals surface area contributed by atoms with Gasteiger partial charge in [-0.2, -0.15) is 0 Å². The molecule has 0 unspecified atom stereocenters. The topological polar surface area (TPSA) is 44.8 Å². The Kier molecular flexibility index (Phi) is 6.48. The molecule has 1 aliphatic rings. The van der Waals surface area contributed by atoms with Gasteiger partial charge in [0.15, 0.2) is 0 Å². The van der Waals surface area contributed by atoms with E-state index in [2.05, 4.69) is 21.2 Å². The van der Waals surface area contributed by atoms with E-state index >= 15 is 0 Å². The molecule has 0 saturated carbocycles. The number of piperazine rings is 1. The Balaban J connectivity index is 1.50. The molecule has 6 heteroatoms. The second kappa shape index (κ2) is 9.62. The first-order valence-electron chi connectivity index (χ1n) is 10.4. The number of halogens is 1. The van der Waals surface area contributed by atoms with E-state index in [4.69, 9.17) is 4.74 Å². The molecule has 0 spiro atoms. The largest absolute Gasteiger partial charge is 0.497 e. The van der Waals surface area contributed by atoms with Crippen LogP contribution in [0.4, 0.5) is 15.8 Å². The number of anilines is 2. The zero-order valence-electron chi connectivity index (χ0n) is 17.5. The quantitative estimate of drug-likeness (QED) is 0.646. The smallest absolute Gasteiger partial charge is 0.246 e. The fourth-order valence-corrected chi connectivity index (χ4v) is 3.95. The standard InChI is InChI=1S/C25H26FN3O2/c1-31-23-9-5-8-22(18-23)28-14-16-29(17-15-28)24(19-6-3-2-4-7-19)25(30)27-21-12-10-20(26)11-13-21/h2-13,18,24H,14-17H2,1H3,(H,27,30)/t24-/m1/s1. The zero-order chi connectivity index (χ0) is 21.6. The number of rotatable bonds is 6. The Morgan fingerprint density at radius 2 is 1.65 bits per heavy atom. The third kappa shape index (κ3) is 5.03. The molecule has 1 amide bonds. The van der Waals surface area contributed by atoms with Crippen LogP contribution in [0.3, 0.4) is 0 Å². The van der Waals surface area contributed by atoms with Gasteiger partial charge >= 0.3 is 0 Å². The maximum Gasteiger partial charge on any atom is 0.246 e. The zero-order valence-corrected chi connectivity index (χ0v) is 17.5. The summed E-state index contributed by atoms with van der Waals surface area (Å²) in [6.07, 6.45) is 0. The van der Waals surface area contributed by atoms with Crippen molar-refractivity contribution >= 4 is 17.3 Å². The van der Waals surface area contributed by atoms with E-state index in [1.807, 2.05) is 48.5 Å². The summed E-state index contributed by atoms with van der Waals surface area (Å²) < 4.78 is 18.6. The Morgan fingerprint density at radius 3 is 2.32 bits per heavy atom. The summed E-state index contributed by atoms with van der Waals surface area (Å²) in [4.78, 5) is 17.8. The lowest BCUT2D eigenvalue weighted by atomic mass is 10.0. The van der Waals surface area contributed by atoms with Gasteiger partial charge in [0.05, 0.1) is 7.11 Å². The molecule has 31 heavy (non-hydrogen) atoms. The van der Waals surface area contributed by atoms with Crippen molar-refractivity contribution in [1.82, 2.24) is 4.90 Å². The van der Waals surface area contributed by atoms with Crippen molar-refractivity contribution in [3.63, 3.8) is 0 Å². The number of hydrogen-bond donors (Lipinski definition) is 1. The van der Waals surface area contributed by atoms with E-state index in [1.54, 1.807) is 19.2 Å². The molecule has 1 aliphatic heterocycles. The van der Waals surface area contributed by atoms with Crippen LogP contribution in [0.5, 0.6) is 5.75 Å². The second-order valence-electron chi connectivity index (χ2n) is 7.53. The van der Waals surface area contributed by atoms with E-state index in [0.29, 0.717) is 5.69 Å². The van der Waals surface area contributed by atoms with Crippen LogP contribution in [0.25, 0.3) is 0 Å². The van der Waals surface area contributed by atoms with E-state index in [1.165, 1.54) is 12.1 Å². The molecular weight excluding hydrogens is 393 g/mol. The van der Waals surface area contributed by atoms with Gasteiger partial charge in [-0.3, -0.25) is 9.69 Å². The van der Waals surface area contributed by atoms with Gasteiger partial charge in [-0.25, -0.2) is 4.39 Å². The minimum atomic E-state index is -0.418. The lowest BCUT2D eigenvalue weighted by Crippen LogP contribution is -2.50. The lowest BCUT2D eigenvalue weighted by molar-refractivity contribution is -0.121. The maximum absolute atomic E-state index is 13.3. The molecule has 1 heterocycles. The van der Waals surface area contributed by atoms with Gasteiger partial charge in [0.25, 0.3) is 0 Å². The van der Waals surface area contributed by atoms with Crippen LogP contribution < -0.4 is 15.0 Å². The van der Waals surface area contributed by atoms with Crippen LogP contribution in [-0.4, -0.2) is 44.1 Å². The van der Waals surface area contributed by atoms with Crippen molar-refractivity contribution in [2.45, 2.75) is 6.04 Å². The Morgan fingerprint density at radius 1 is 0.935 bits per heavy atom. The maximum atomic E-state index is 13.3. The predicted octanol–water partition coefficient (Wildman–Crippen LogP) is 4.34. The fraction of sp³-hybridized carbons (Fsp3) is 0.240. The van der Waals surface area contributed by atoms with Crippen LogP contribution in [0.15, 0.2) is 78.9 Å². The number of ether oxygens (including phenoxy) is 1. The monoisotopic (exact) mass is 419 g/mol. The third-order valence-corrected chi connectivity index (χ3v) is 5.57. The van der Waals surface area contributed by atoms with Crippen molar-refractivity contribution in [1.29, 1.82) is 0 Å². The van der Waals surface area contributed by atoms with Crippen molar-refractivity contribution in [3.8, 4) is 5.75 Å². The summed E-state index contributed by atoms with van der Waals surface area (Å²) in [6, 6.07) is 23.3. The highest BCUT2D eigenvalue weighted by Crippen LogP contribution is 2.27. The molecule has 0 aliphatic carbocycles. The summed E-state index contributed by atoms with van der Waals surface area (Å²) in [5.74, 6) is 0.389. The average Bonchev–Trinajstić information content (AvgIpc) is 2.82. The van der Waals surface area contributed by atoms with E-state index in [-0.39, 0.29) is 11.7 Å². The first kappa shape index (κ1) is 20.9. The van der Waals surface area contributed by atoms with Gasteiger partial charge in [-0.05, 0) is 42.0 Å². The van der Waals surface area contributed by atoms with Crippen molar-refractivity contribution in [2.24, 2.45) is 0 Å². The first-order chi connectivity index (χ1) is 15.1. The molecule has 1 atom stereocenters. The Hall–Kier alpha value is -3.38. The molecular formula is C25H26FN3O2. The molecule has 3 aromatic carbocycles. The number of nitrogens with one attached hydrogen (secondary N) is 1. The van der Waals surface area contributed by atoms with E-state index in [0.717, 1.165) is 43.2 Å². The molecule has 4 rings (SSSR count). The number of nitrogens with zero attached hydrogens (tertiary/aromatic N) is 2. The van der Waals surface area contributed by atoms with Crippen LogP contribution in [-0.2, 0) is 4.79 Å². The highest BCUT2D eigenvalue weighted by molar-refractivity contribution is 5.95. The Labute approximate surface area is 182 Å². The molecule has 5 nitrogen and oxygen atoms in total. The molecule has 0 aromatic heterocycles. The molecule has 160 valence electrons.